The van der Waals surface area contributed by atoms with Crippen LogP contribution in [0.25, 0.3) is 0 Å². The van der Waals surface area contributed by atoms with Gasteiger partial charge in [0, 0.05) is 13.0 Å². The van der Waals surface area contributed by atoms with E-state index in [0.29, 0.717) is 36.6 Å². The van der Waals surface area contributed by atoms with E-state index < -0.39 is 6.04 Å². The summed E-state index contributed by atoms with van der Waals surface area (Å²) in [5.41, 5.74) is 1.02. The van der Waals surface area contributed by atoms with Crippen molar-refractivity contribution in [1.82, 2.24) is 10.6 Å². The van der Waals surface area contributed by atoms with Crippen molar-refractivity contribution in [3.05, 3.63) is 28.8 Å². The van der Waals surface area contributed by atoms with Crippen LogP contribution in [0.3, 0.4) is 0 Å². The minimum absolute atomic E-state index is 0.0623. The summed E-state index contributed by atoms with van der Waals surface area (Å²) in [6.07, 6.45) is 1.74. The molecule has 1 saturated heterocycles. The Morgan fingerprint density at radius 1 is 1.50 bits per heavy atom. The molecule has 0 saturated carbocycles. The molecule has 2 amide bonds. The predicted molar refractivity (Wildman–Crippen MR) is 85.1 cm³/mol. The number of hydrogen-bond acceptors (Lipinski definition) is 3. The van der Waals surface area contributed by atoms with Crippen LogP contribution >= 0.6 is 11.6 Å². The molecule has 120 valence electrons. The van der Waals surface area contributed by atoms with E-state index in [2.05, 4.69) is 10.6 Å². The van der Waals surface area contributed by atoms with E-state index in [1.807, 2.05) is 32.0 Å². The molecule has 1 heterocycles. The van der Waals surface area contributed by atoms with Crippen LogP contribution in [0.4, 0.5) is 0 Å². The molecule has 2 rings (SSSR count). The normalized spacial score (nSPS) is 17.5. The molecule has 0 aromatic heterocycles. The highest BCUT2D eigenvalue weighted by atomic mass is 35.5. The Balaban J connectivity index is 1.80. The van der Waals surface area contributed by atoms with Gasteiger partial charge in [0.2, 0.25) is 11.8 Å². The van der Waals surface area contributed by atoms with Gasteiger partial charge in [-0.15, -0.1) is 0 Å². The molecule has 1 aliphatic heterocycles. The quantitative estimate of drug-likeness (QED) is 0.841. The van der Waals surface area contributed by atoms with E-state index >= 15 is 0 Å². The van der Waals surface area contributed by atoms with Gasteiger partial charge in [-0.25, -0.2) is 0 Å². The Hall–Kier alpha value is -1.75. The monoisotopic (exact) mass is 324 g/mol. The Morgan fingerprint density at radius 2 is 2.27 bits per heavy atom. The number of amides is 2. The average molecular weight is 325 g/mol. The fraction of sp³-hybridized carbons (Fsp3) is 0.500. The van der Waals surface area contributed by atoms with Crippen molar-refractivity contribution in [1.29, 1.82) is 0 Å². The second-order valence-corrected chi connectivity index (χ2v) is 6.04. The van der Waals surface area contributed by atoms with E-state index in [9.17, 15) is 9.59 Å². The zero-order valence-electron chi connectivity index (χ0n) is 12.8. The van der Waals surface area contributed by atoms with E-state index in [-0.39, 0.29) is 17.9 Å². The van der Waals surface area contributed by atoms with Gasteiger partial charge in [-0.1, -0.05) is 17.7 Å². The lowest BCUT2D eigenvalue weighted by molar-refractivity contribution is -0.125. The molecule has 0 spiro atoms. The molecule has 2 N–H and O–H groups in total. The highest BCUT2D eigenvalue weighted by Gasteiger charge is 2.26. The van der Waals surface area contributed by atoms with Gasteiger partial charge in [-0.2, -0.15) is 0 Å². The summed E-state index contributed by atoms with van der Waals surface area (Å²) in [7, 11) is 0. The van der Waals surface area contributed by atoms with E-state index in [1.165, 1.54) is 0 Å². The number of rotatable bonds is 6. The van der Waals surface area contributed by atoms with Gasteiger partial charge in [-0.05, 0) is 44.4 Å². The standard InChI is InChI=1S/C16H21ClN2O3/c1-10(2)22-14-5-3-11(9-12(14)17)7-8-18-16(21)13-4-6-15(20)19-13/h3,5,9-10,13H,4,6-8H2,1-2H3,(H,18,21)(H,19,20). The molecule has 1 aromatic rings. The number of ether oxygens (including phenoxy) is 1. The summed E-state index contributed by atoms with van der Waals surface area (Å²) in [5, 5.41) is 6.05. The van der Waals surface area contributed by atoms with Gasteiger partial charge in [0.15, 0.2) is 0 Å². The first-order chi connectivity index (χ1) is 10.5. The number of hydrogen-bond donors (Lipinski definition) is 2. The summed E-state index contributed by atoms with van der Waals surface area (Å²) >= 11 is 6.17. The van der Waals surface area contributed by atoms with Crippen LogP contribution in [-0.2, 0) is 16.0 Å². The van der Waals surface area contributed by atoms with Gasteiger partial charge >= 0.3 is 0 Å². The van der Waals surface area contributed by atoms with E-state index in [4.69, 9.17) is 16.3 Å². The number of benzene rings is 1. The first-order valence-electron chi connectivity index (χ1n) is 7.48. The first kappa shape index (κ1) is 16.6. The molecule has 0 aliphatic carbocycles. The van der Waals surface area contributed by atoms with Crippen LogP contribution in [0.5, 0.6) is 5.75 Å². The van der Waals surface area contributed by atoms with E-state index in [1.54, 1.807) is 0 Å². The van der Waals surface area contributed by atoms with Gasteiger partial charge in [0.25, 0.3) is 0 Å². The van der Waals surface area contributed by atoms with Crippen LogP contribution in [0.2, 0.25) is 5.02 Å². The molecule has 5 nitrogen and oxygen atoms in total. The molecule has 6 heteroatoms. The van der Waals surface area contributed by atoms with Gasteiger partial charge in [-0.3, -0.25) is 9.59 Å². The minimum Gasteiger partial charge on any atom is -0.489 e. The molecule has 22 heavy (non-hydrogen) atoms. The van der Waals surface area contributed by atoms with Crippen LogP contribution in [0.1, 0.15) is 32.3 Å². The number of carbonyl (C=O) groups is 2. The number of carbonyl (C=O) groups excluding carboxylic acids is 2. The summed E-state index contributed by atoms with van der Waals surface area (Å²) in [5.74, 6) is 0.475. The summed E-state index contributed by atoms with van der Waals surface area (Å²) in [6.45, 7) is 4.40. The van der Waals surface area contributed by atoms with Crippen molar-refractivity contribution in [3.63, 3.8) is 0 Å². The third-order valence-electron chi connectivity index (χ3n) is 3.38. The van der Waals surface area contributed by atoms with Crippen molar-refractivity contribution >= 4 is 23.4 Å². The van der Waals surface area contributed by atoms with Crippen LogP contribution in [0.15, 0.2) is 18.2 Å². The minimum atomic E-state index is -0.391. The maximum absolute atomic E-state index is 11.9. The number of nitrogens with one attached hydrogen (secondary N) is 2. The molecule has 0 bridgehead atoms. The molecule has 1 aromatic carbocycles. The van der Waals surface area contributed by atoms with Crippen molar-refractivity contribution in [2.24, 2.45) is 0 Å². The lowest BCUT2D eigenvalue weighted by Gasteiger charge is -2.13. The van der Waals surface area contributed by atoms with Crippen LogP contribution in [0, 0.1) is 0 Å². The molecule has 0 radical (unpaired) electrons. The SMILES string of the molecule is CC(C)Oc1ccc(CCNC(=O)C2CCC(=O)N2)cc1Cl. The largest absolute Gasteiger partial charge is 0.489 e. The van der Waals surface area contributed by atoms with Crippen LogP contribution < -0.4 is 15.4 Å². The van der Waals surface area contributed by atoms with Gasteiger partial charge in [0.1, 0.15) is 11.8 Å². The molecule has 1 aliphatic rings. The lowest BCUT2D eigenvalue weighted by atomic mass is 10.1. The van der Waals surface area contributed by atoms with Crippen LogP contribution in [-0.4, -0.2) is 30.5 Å². The van der Waals surface area contributed by atoms with Gasteiger partial charge in [0.05, 0.1) is 11.1 Å². The van der Waals surface area contributed by atoms with Crippen molar-refractivity contribution < 1.29 is 14.3 Å². The summed E-state index contributed by atoms with van der Waals surface area (Å²) in [6, 6.07) is 5.24. The zero-order chi connectivity index (χ0) is 16.1. The fourth-order valence-electron chi connectivity index (χ4n) is 2.31. The third-order valence-corrected chi connectivity index (χ3v) is 3.68. The molecule has 1 unspecified atom stereocenters. The molecular weight excluding hydrogens is 304 g/mol. The zero-order valence-corrected chi connectivity index (χ0v) is 13.6. The highest BCUT2D eigenvalue weighted by Crippen LogP contribution is 2.26. The second kappa shape index (κ2) is 7.49. The molecule has 1 fully saturated rings. The average Bonchev–Trinajstić information content (AvgIpc) is 2.88. The lowest BCUT2D eigenvalue weighted by Crippen LogP contribution is -2.42. The first-order valence-corrected chi connectivity index (χ1v) is 7.85. The van der Waals surface area contributed by atoms with Crippen molar-refractivity contribution in [2.45, 2.75) is 45.3 Å². The number of halogens is 1. The fourth-order valence-corrected chi connectivity index (χ4v) is 2.56. The Bertz CT molecular complexity index is 560. The smallest absolute Gasteiger partial charge is 0.242 e. The maximum atomic E-state index is 11.9. The highest BCUT2D eigenvalue weighted by molar-refractivity contribution is 6.32. The summed E-state index contributed by atoms with van der Waals surface area (Å²) < 4.78 is 5.58. The Labute approximate surface area is 135 Å². The topological polar surface area (TPSA) is 67.4 Å². The Kier molecular flexibility index (Phi) is 5.66. The predicted octanol–water partition coefficient (Wildman–Crippen LogP) is 2.06. The summed E-state index contributed by atoms with van der Waals surface area (Å²) in [4.78, 5) is 22.9. The van der Waals surface area contributed by atoms with Crippen molar-refractivity contribution in [2.75, 3.05) is 6.54 Å². The second-order valence-electron chi connectivity index (χ2n) is 5.63. The molecule has 1 atom stereocenters. The van der Waals surface area contributed by atoms with Crippen molar-refractivity contribution in [3.8, 4) is 5.75 Å². The van der Waals surface area contributed by atoms with Gasteiger partial charge < -0.3 is 15.4 Å². The maximum Gasteiger partial charge on any atom is 0.242 e. The molecular formula is C16H21ClN2O3. The van der Waals surface area contributed by atoms with E-state index in [0.717, 1.165) is 5.56 Å². The third kappa shape index (κ3) is 4.63. The Morgan fingerprint density at radius 3 is 2.86 bits per heavy atom.